The zero-order chi connectivity index (χ0) is 16.0. The number of ether oxygens (including phenoxy) is 1. The molecule has 0 aromatic heterocycles. The van der Waals surface area contributed by atoms with E-state index in [1.807, 2.05) is 20.8 Å². The normalized spacial score (nSPS) is 22.0. The molecule has 1 saturated heterocycles. The summed E-state index contributed by atoms with van der Waals surface area (Å²) < 4.78 is 29.8. The number of aliphatic hydroxyl groups is 1. The van der Waals surface area contributed by atoms with Crippen LogP contribution in [0.3, 0.4) is 0 Å². The van der Waals surface area contributed by atoms with E-state index in [4.69, 9.17) is 9.84 Å². The van der Waals surface area contributed by atoms with Crippen LogP contribution in [0.5, 0.6) is 0 Å². The average Bonchev–Trinajstić information content (AvgIpc) is 2.59. The third kappa shape index (κ3) is 7.04. The summed E-state index contributed by atoms with van der Waals surface area (Å²) in [5.41, 5.74) is -0.525. The highest BCUT2D eigenvalue weighted by Gasteiger charge is 2.26. The van der Waals surface area contributed by atoms with Gasteiger partial charge in [0.1, 0.15) is 11.7 Å². The van der Waals surface area contributed by atoms with Gasteiger partial charge < -0.3 is 20.1 Å². The van der Waals surface area contributed by atoms with Gasteiger partial charge in [0.2, 0.25) is 0 Å². The Morgan fingerprint density at radius 2 is 2.05 bits per heavy atom. The molecule has 1 heterocycles. The van der Waals surface area contributed by atoms with Crippen LogP contribution >= 0.6 is 0 Å². The highest BCUT2D eigenvalue weighted by Crippen LogP contribution is 2.15. The number of likely N-dealkylation sites (tertiary alicyclic amines) is 1. The van der Waals surface area contributed by atoms with E-state index in [0.29, 0.717) is 19.5 Å². The van der Waals surface area contributed by atoms with Crippen LogP contribution < -0.4 is 5.32 Å². The lowest BCUT2D eigenvalue weighted by atomic mass is 10.1. The predicted octanol–water partition coefficient (Wildman–Crippen LogP) is 1.99. The number of aliphatic hydroxyl groups excluding tert-OH is 1. The van der Waals surface area contributed by atoms with Gasteiger partial charge in [-0.15, -0.1) is 0 Å². The molecule has 2 N–H and O–H groups in total. The number of alkyl halides is 2. The van der Waals surface area contributed by atoms with E-state index in [2.05, 4.69) is 5.32 Å². The zero-order valence-corrected chi connectivity index (χ0v) is 12.9. The van der Waals surface area contributed by atoms with Gasteiger partial charge in [0, 0.05) is 25.7 Å². The van der Waals surface area contributed by atoms with Gasteiger partial charge in [0.05, 0.1) is 0 Å². The van der Waals surface area contributed by atoms with Gasteiger partial charge in [-0.25, -0.2) is 13.6 Å². The maximum atomic E-state index is 12.2. The second-order valence-electron chi connectivity index (χ2n) is 6.41. The van der Waals surface area contributed by atoms with Crippen molar-refractivity contribution in [3.8, 4) is 0 Å². The summed E-state index contributed by atoms with van der Waals surface area (Å²) in [6.07, 6.45) is -2.49. The molecule has 1 amide bonds. The number of hydrogen-bond donors (Lipinski definition) is 2. The maximum absolute atomic E-state index is 12.2. The summed E-state index contributed by atoms with van der Waals surface area (Å²) in [7, 11) is 0. The number of rotatable bonds is 4. The van der Waals surface area contributed by atoms with Crippen molar-refractivity contribution in [2.45, 2.75) is 64.2 Å². The summed E-state index contributed by atoms with van der Waals surface area (Å²) in [5, 5.41) is 12.0. The van der Waals surface area contributed by atoms with Crippen molar-refractivity contribution in [1.82, 2.24) is 10.2 Å². The second kappa shape index (κ2) is 7.89. The average molecular weight is 308 g/mol. The molecule has 5 nitrogen and oxygen atoms in total. The lowest BCUT2D eigenvalue weighted by Gasteiger charge is -2.26. The van der Waals surface area contributed by atoms with Crippen LogP contribution in [0, 0.1) is 0 Å². The van der Waals surface area contributed by atoms with E-state index in [1.54, 1.807) is 4.90 Å². The van der Waals surface area contributed by atoms with Gasteiger partial charge in [-0.2, -0.15) is 0 Å². The first-order valence-corrected chi connectivity index (χ1v) is 7.36. The van der Waals surface area contributed by atoms with Crippen LogP contribution in [-0.2, 0) is 4.74 Å². The fraction of sp³-hybridized carbons (Fsp3) is 0.929. The Labute approximate surface area is 124 Å². The number of amides is 1. The second-order valence-corrected chi connectivity index (χ2v) is 6.41. The zero-order valence-electron chi connectivity index (χ0n) is 12.9. The minimum atomic E-state index is -2.73. The van der Waals surface area contributed by atoms with Crippen molar-refractivity contribution in [3.05, 3.63) is 0 Å². The Balaban J connectivity index is 2.38. The maximum Gasteiger partial charge on any atom is 0.410 e. The Bertz CT molecular complexity index is 335. The van der Waals surface area contributed by atoms with Crippen molar-refractivity contribution in [2.24, 2.45) is 0 Å². The standard InChI is InChI=1S/C14H26F2N2O3/c1-14(2,3)21-13(20)18-7-4-5-10(6-8-18)17-9-11(19)12(15)16/h10-12,17,19H,4-9H2,1-3H3. The van der Waals surface area contributed by atoms with E-state index in [0.717, 1.165) is 12.8 Å². The number of halogens is 2. The summed E-state index contributed by atoms with van der Waals surface area (Å²) in [5.74, 6) is 0. The van der Waals surface area contributed by atoms with Crippen molar-refractivity contribution in [3.63, 3.8) is 0 Å². The molecule has 1 rings (SSSR count). The largest absolute Gasteiger partial charge is 0.444 e. The Morgan fingerprint density at radius 1 is 1.38 bits per heavy atom. The molecule has 0 spiro atoms. The Morgan fingerprint density at radius 3 is 2.62 bits per heavy atom. The molecule has 0 radical (unpaired) electrons. The van der Waals surface area contributed by atoms with Crippen molar-refractivity contribution in [2.75, 3.05) is 19.6 Å². The Kier molecular flexibility index (Phi) is 6.80. The topological polar surface area (TPSA) is 61.8 Å². The third-order valence-electron chi connectivity index (χ3n) is 3.29. The quantitative estimate of drug-likeness (QED) is 0.834. The summed E-state index contributed by atoms with van der Waals surface area (Å²) in [6.45, 7) is 6.45. The molecular weight excluding hydrogens is 282 g/mol. The van der Waals surface area contributed by atoms with Gasteiger partial charge in [0.15, 0.2) is 0 Å². The minimum absolute atomic E-state index is 0.0332. The van der Waals surface area contributed by atoms with Gasteiger partial charge in [0.25, 0.3) is 6.43 Å². The van der Waals surface area contributed by atoms with Gasteiger partial charge in [-0.05, 0) is 40.0 Å². The molecule has 2 atom stereocenters. The van der Waals surface area contributed by atoms with Crippen molar-refractivity contribution in [1.29, 1.82) is 0 Å². The van der Waals surface area contributed by atoms with Crippen LogP contribution in [0.25, 0.3) is 0 Å². The fourth-order valence-electron chi connectivity index (χ4n) is 2.19. The third-order valence-corrected chi connectivity index (χ3v) is 3.29. The molecule has 21 heavy (non-hydrogen) atoms. The molecule has 0 saturated carbocycles. The van der Waals surface area contributed by atoms with Gasteiger partial charge >= 0.3 is 6.09 Å². The van der Waals surface area contributed by atoms with E-state index in [9.17, 15) is 13.6 Å². The lowest BCUT2D eigenvalue weighted by molar-refractivity contribution is -0.00484. The van der Waals surface area contributed by atoms with Crippen LogP contribution in [-0.4, -0.2) is 59.9 Å². The van der Waals surface area contributed by atoms with Crippen molar-refractivity contribution >= 4 is 6.09 Å². The smallest absolute Gasteiger partial charge is 0.410 e. The molecule has 0 aromatic rings. The number of nitrogens with one attached hydrogen (secondary N) is 1. The van der Waals surface area contributed by atoms with E-state index in [-0.39, 0.29) is 18.7 Å². The summed E-state index contributed by atoms with van der Waals surface area (Å²) in [4.78, 5) is 13.6. The van der Waals surface area contributed by atoms with E-state index in [1.165, 1.54) is 0 Å². The number of carbonyl (C=O) groups is 1. The van der Waals surface area contributed by atoms with Crippen LogP contribution in [0.4, 0.5) is 13.6 Å². The van der Waals surface area contributed by atoms with E-state index < -0.39 is 18.1 Å². The molecule has 124 valence electrons. The van der Waals surface area contributed by atoms with Gasteiger partial charge in [-0.3, -0.25) is 0 Å². The van der Waals surface area contributed by atoms with Crippen LogP contribution in [0.1, 0.15) is 40.0 Å². The molecule has 1 aliphatic rings. The minimum Gasteiger partial charge on any atom is -0.444 e. The number of nitrogens with zero attached hydrogens (tertiary/aromatic N) is 1. The first-order valence-electron chi connectivity index (χ1n) is 7.36. The lowest BCUT2D eigenvalue weighted by Crippen LogP contribution is -2.40. The molecule has 7 heteroatoms. The highest BCUT2D eigenvalue weighted by atomic mass is 19.3. The van der Waals surface area contributed by atoms with Crippen LogP contribution in [0.2, 0.25) is 0 Å². The molecule has 0 aliphatic carbocycles. The Hall–Kier alpha value is -0.950. The van der Waals surface area contributed by atoms with Crippen LogP contribution in [0.15, 0.2) is 0 Å². The molecule has 2 unspecified atom stereocenters. The first kappa shape index (κ1) is 18.1. The molecule has 0 aromatic carbocycles. The SMILES string of the molecule is CC(C)(C)OC(=O)N1CCCC(NCC(O)C(F)F)CC1. The van der Waals surface area contributed by atoms with Crippen molar-refractivity contribution < 1.29 is 23.4 Å². The monoisotopic (exact) mass is 308 g/mol. The number of carbonyl (C=O) groups excluding carboxylic acids is 1. The predicted molar refractivity (Wildman–Crippen MR) is 75.5 cm³/mol. The summed E-state index contributed by atoms with van der Waals surface area (Å²) in [6, 6.07) is 0.0332. The number of hydrogen-bond acceptors (Lipinski definition) is 4. The summed E-state index contributed by atoms with van der Waals surface area (Å²) >= 11 is 0. The molecule has 1 aliphatic heterocycles. The first-order chi connectivity index (χ1) is 9.69. The fourth-order valence-corrected chi connectivity index (χ4v) is 2.19. The van der Waals surface area contributed by atoms with E-state index >= 15 is 0 Å². The molecule has 1 fully saturated rings. The molecule has 0 bridgehead atoms. The highest BCUT2D eigenvalue weighted by molar-refractivity contribution is 5.68. The molecular formula is C14H26F2N2O3. The van der Waals surface area contributed by atoms with Gasteiger partial charge in [-0.1, -0.05) is 0 Å².